The summed E-state index contributed by atoms with van der Waals surface area (Å²) in [6.45, 7) is 0.645. The van der Waals surface area contributed by atoms with Crippen LogP contribution in [0.4, 0.5) is 5.69 Å². The highest BCUT2D eigenvalue weighted by Crippen LogP contribution is 2.16. The molecule has 1 aliphatic rings. The van der Waals surface area contributed by atoms with Gasteiger partial charge in [0.15, 0.2) is 0 Å². The molecule has 1 amide bonds. The van der Waals surface area contributed by atoms with Gasteiger partial charge < -0.3 is 10.1 Å². The van der Waals surface area contributed by atoms with Crippen LogP contribution in [-0.2, 0) is 14.8 Å². The maximum atomic E-state index is 12.6. The molecular formula is C22H25N3O4S. The third-order valence-corrected chi connectivity index (χ3v) is 5.98. The highest BCUT2D eigenvalue weighted by molar-refractivity contribution is 7.90. The van der Waals surface area contributed by atoms with E-state index in [0.29, 0.717) is 30.2 Å². The number of nitrogens with one attached hydrogen (secondary N) is 2. The monoisotopic (exact) mass is 427 g/mol. The van der Waals surface area contributed by atoms with Crippen molar-refractivity contribution in [1.29, 1.82) is 0 Å². The van der Waals surface area contributed by atoms with E-state index in [0.717, 1.165) is 24.8 Å². The second-order valence-electron chi connectivity index (χ2n) is 6.87. The van der Waals surface area contributed by atoms with Crippen LogP contribution < -0.4 is 14.8 Å². The molecule has 7 nitrogen and oxygen atoms in total. The van der Waals surface area contributed by atoms with Crippen LogP contribution in [0, 0.1) is 0 Å². The van der Waals surface area contributed by atoms with Gasteiger partial charge in [-0.05, 0) is 60.9 Å². The fraction of sp³-hybridized carbons (Fsp3) is 0.273. The van der Waals surface area contributed by atoms with Crippen molar-refractivity contribution in [3.05, 3.63) is 60.2 Å². The van der Waals surface area contributed by atoms with Gasteiger partial charge in [0, 0.05) is 24.7 Å². The summed E-state index contributed by atoms with van der Waals surface area (Å²) >= 11 is 0. The number of carbonyl (C=O) groups is 1. The maximum absolute atomic E-state index is 12.6. The van der Waals surface area contributed by atoms with E-state index in [1.165, 1.54) is 18.2 Å². The van der Waals surface area contributed by atoms with E-state index >= 15 is 0 Å². The van der Waals surface area contributed by atoms with Crippen molar-refractivity contribution < 1.29 is 17.9 Å². The molecule has 0 bridgehead atoms. The minimum atomic E-state index is -3.69. The molecule has 8 heteroatoms. The zero-order chi connectivity index (χ0) is 21.4. The van der Waals surface area contributed by atoms with Crippen molar-refractivity contribution in [2.75, 3.05) is 19.0 Å². The fourth-order valence-electron chi connectivity index (χ4n) is 2.99. The van der Waals surface area contributed by atoms with Gasteiger partial charge in [-0.25, -0.2) is 8.42 Å². The Morgan fingerprint density at radius 2 is 1.90 bits per heavy atom. The number of anilines is 1. The number of amidine groups is 1. The molecular weight excluding hydrogens is 402 g/mol. The molecule has 0 saturated carbocycles. The van der Waals surface area contributed by atoms with Crippen LogP contribution in [0.15, 0.2) is 64.5 Å². The van der Waals surface area contributed by atoms with Crippen LogP contribution in [-0.4, -0.2) is 33.8 Å². The van der Waals surface area contributed by atoms with Crippen molar-refractivity contribution in [3.63, 3.8) is 0 Å². The van der Waals surface area contributed by atoms with Gasteiger partial charge in [0.2, 0.25) is 5.91 Å². The number of nitrogens with zero attached hydrogens (tertiary/aromatic N) is 1. The largest absolute Gasteiger partial charge is 0.497 e. The van der Waals surface area contributed by atoms with Gasteiger partial charge in [-0.1, -0.05) is 18.6 Å². The first kappa shape index (κ1) is 21.6. The Morgan fingerprint density at radius 3 is 2.67 bits per heavy atom. The third-order valence-electron chi connectivity index (χ3n) is 4.58. The Balaban J connectivity index is 1.61. The minimum absolute atomic E-state index is 0.124. The van der Waals surface area contributed by atoms with Crippen molar-refractivity contribution in [1.82, 2.24) is 4.72 Å². The Bertz CT molecular complexity index is 1040. The molecule has 2 N–H and O–H groups in total. The Labute approximate surface area is 176 Å². The van der Waals surface area contributed by atoms with E-state index in [1.54, 1.807) is 25.3 Å². The number of carbonyl (C=O) groups excluding carboxylic acids is 1. The van der Waals surface area contributed by atoms with Gasteiger partial charge in [0.1, 0.15) is 11.6 Å². The van der Waals surface area contributed by atoms with Crippen LogP contribution >= 0.6 is 0 Å². The predicted octanol–water partition coefficient (Wildman–Crippen LogP) is 3.60. The lowest BCUT2D eigenvalue weighted by Crippen LogP contribution is -2.30. The second-order valence-corrected chi connectivity index (χ2v) is 8.55. The van der Waals surface area contributed by atoms with Crippen molar-refractivity contribution in [2.24, 2.45) is 4.99 Å². The summed E-state index contributed by atoms with van der Waals surface area (Å²) in [5.41, 5.74) is 1.33. The lowest BCUT2D eigenvalue weighted by Gasteiger charge is -2.10. The van der Waals surface area contributed by atoms with Gasteiger partial charge in [-0.3, -0.25) is 14.5 Å². The van der Waals surface area contributed by atoms with E-state index in [2.05, 4.69) is 15.0 Å². The normalized spacial score (nSPS) is 14.6. The maximum Gasteiger partial charge on any atom is 0.262 e. The lowest BCUT2D eigenvalue weighted by molar-refractivity contribution is -0.111. The van der Waals surface area contributed by atoms with E-state index in [9.17, 15) is 13.2 Å². The fourth-order valence-corrected chi connectivity index (χ4v) is 4.08. The van der Waals surface area contributed by atoms with Crippen LogP contribution in [0.1, 0.15) is 31.2 Å². The lowest BCUT2D eigenvalue weighted by atomic mass is 10.2. The van der Waals surface area contributed by atoms with Crippen molar-refractivity contribution >= 4 is 33.5 Å². The first-order valence-corrected chi connectivity index (χ1v) is 11.2. The van der Waals surface area contributed by atoms with E-state index in [4.69, 9.17) is 4.74 Å². The molecule has 0 aromatic heterocycles. The molecule has 3 rings (SSSR count). The molecule has 0 atom stereocenters. The number of benzene rings is 2. The number of methoxy groups -OCH3 is 1. The predicted molar refractivity (Wildman–Crippen MR) is 118 cm³/mol. The Kier molecular flexibility index (Phi) is 7.24. The molecule has 30 heavy (non-hydrogen) atoms. The van der Waals surface area contributed by atoms with Crippen LogP contribution in [0.2, 0.25) is 0 Å². The zero-order valence-electron chi connectivity index (χ0n) is 16.8. The SMILES string of the molecule is COc1cccc(/C=C/C(=O)Nc2ccc(S(=O)(=O)NC3=NCCCCC3)cc2)c1. The molecule has 0 radical (unpaired) electrons. The number of ether oxygens (including phenoxy) is 1. The summed E-state index contributed by atoms with van der Waals surface area (Å²) in [5.74, 6) is 0.893. The Hall–Kier alpha value is -3.13. The summed E-state index contributed by atoms with van der Waals surface area (Å²) in [7, 11) is -2.11. The number of hydrogen-bond acceptors (Lipinski definition) is 5. The third kappa shape index (κ3) is 6.18. The van der Waals surface area contributed by atoms with Crippen molar-refractivity contribution in [3.8, 4) is 5.75 Å². The topological polar surface area (TPSA) is 96.9 Å². The number of hydrogen-bond donors (Lipinski definition) is 2. The van der Waals surface area contributed by atoms with Crippen molar-refractivity contribution in [2.45, 2.75) is 30.6 Å². The molecule has 0 saturated heterocycles. The number of amides is 1. The molecule has 0 fully saturated rings. The first-order valence-electron chi connectivity index (χ1n) is 9.75. The highest BCUT2D eigenvalue weighted by atomic mass is 32.2. The van der Waals surface area contributed by atoms with Crippen LogP contribution in [0.25, 0.3) is 6.08 Å². The van der Waals surface area contributed by atoms with Gasteiger partial charge >= 0.3 is 0 Å². The van der Waals surface area contributed by atoms with Crippen LogP contribution in [0.5, 0.6) is 5.75 Å². The first-order chi connectivity index (χ1) is 14.5. The minimum Gasteiger partial charge on any atom is -0.497 e. The molecule has 158 valence electrons. The molecule has 0 spiro atoms. The summed E-state index contributed by atoms with van der Waals surface area (Å²) < 4.78 is 32.8. The number of aliphatic imine (C=N–C) groups is 1. The average Bonchev–Trinajstić information content (AvgIpc) is 3.01. The van der Waals surface area contributed by atoms with Gasteiger partial charge in [0.25, 0.3) is 10.0 Å². The Morgan fingerprint density at radius 1 is 1.10 bits per heavy atom. The molecule has 1 aliphatic heterocycles. The van der Waals surface area contributed by atoms with E-state index in [1.807, 2.05) is 24.3 Å². The number of rotatable bonds is 6. The smallest absolute Gasteiger partial charge is 0.262 e. The average molecular weight is 428 g/mol. The molecule has 2 aromatic rings. The quantitative estimate of drug-likeness (QED) is 0.689. The van der Waals surface area contributed by atoms with E-state index in [-0.39, 0.29) is 10.8 Å². The molecule has 1 heterocycles. The standard InChI is InChI=1S/C22H25N3O4S/c1-29-19-7-5-6-17(16-19)9-14-22(26)24-18-10-12-20(13-11-18)30(27,28)25-21-8-3-2-4-15-23-21/h5-7,9-14,16H,2-4,8,15H2,1H3,(H,23,25)(H,24,26)/b14-9+. The summed E-state index contributed by atoms with van der Waals surface area (Å²) in [5, 5.41) is 2.71. The van der Waals surface area contributed by atoms with Crippen LogP contribution in [0.3, 0.4) is 0 Å². The van der Waals surface area contributed by atoms with Gasteiger partial charge in [0.05, 0.1) is 12.0 Å². The number of sulfonamides is 1. The van der Waals surface area contributed by atoms with Gasteiger partial charge in [-0.15, -0.1) is 0 Å². The van der Waals surface area contributed by atoms with E-state index < -0.39 is 10.0 Å². The summed E-state index contributed by atoms with van der Waals surface area (Å²) in [6, 6.07) is 13.4. The van der Waals surface area contributed by atoms with Gasteiger partial charge in [-0.2, -0.15) is 0 Å². The molecule has 0 aliphatic carbocycles. The second kappa shape index (κ2) is 10.1. The summed E-state index contributed by atoms with van der Waals surface area (Å²) in [4.78, 5) is 16.6. The highest BCUT2D eigenvalue weighted by Gasteiger charge is 2.17. The zero-order valence-corrected chi connectivity index (χ0v) is 17.6. The summed E-state index contributed by atoms with van der Waals surface area (Å²) in [6.07, 6.45) is 6.67. The molecule has 0 unspecified atom stereocenters. The molecule has 2 aromatic carbocycles.